The van der Waals surface area contributed by atoms with Gasteiger partial charge in [-0.2, -0.15) is 11.8 Å². The molecule has 0 aromatic carbocycles. The van der Waals surface area contributed by atoms with E-state index in [-0.39, 0.29) is 18.1 Å². The molecule has 1 aromatic rings. The van der Waals surface area contributed by atoms with Gasteiger partial charge < -0.3 is 14.4 Å². The van der Waals surface area contributed by atoms with Gasteiger partial charge in [-0.1, -0.05) is 6.92 Å². The lowest BCUT2D eigenvalue weighted by atomic mass is 10.1. The molecule has 2 heterocycles. The highest BCUT2D eigenvalue weighted by Gasteiger charge is 2.28. The van der Waals surface area contributed by atoms with E-state index in [1.165, 1.54) is 6.26 Å². The summed E-state index contributed by atoms with van der Waals surface area (Å²) in [6, 6.07) is 0. The number of carboxylic acid groups (broad SMARTS) is 1. The molecule has 1 aromatic heterocycles. The highest BCUT2D eigenvalue weighted by Crippen LogP contribution is 2.25. The van der Waals surface area contributed by atoms with Gasteiger partial charge >= 0.3 is 5.97 Å². The molecule has 1 aliphatic rings. The van der Waals surface area contributed by atoms with Crippen LogP contribution in [-0.2, 0) is 11.2 Å². The number of carbonyl (C=O) groups is 2. The Morgan fingerprint density at radius 1 is 1.55 bits per heavy atom. The van der Waals surface area contributed by atoms with Crippen molar-refractivity contribution in [3.8, 4) is 0 Å². The molecule has 1 amide bonds. The summed E-state index contributed by atoms with van der Waals surface area (Å²) in [5.74, 6) is 0.0849. The Kier molecular flexibility index (Phi) is 4.75. The van der Waals surface area contributed by atoms with Crippen LogP contribution in [0, 0.1) is 6.92 Å². The summed E-state index contributed by atoms with van der Waals surface area (Å²) in [4.78, 5) is 25.3. The smallest absolute Gasteiger partial charge is 0.311 e. The number of aliphatic carboxylic acids is 1. The number of carboxylic acids is 1. The molecule has 1 atom stereocenters. The van der Waals surface area contributed by atoms with Crippen LogP contribution in [0.2, 0.25) is 0 Å². The topological polar surface area (TPSA) is 70.8 Å². The minimum Gasteiger partial charge on any atom is -0.481 e. The number of carbonyl (C=O) groups excluding carboxylic acids is 1. The van der Waals surface area contributed by atoms with E-state index < -0.39 is 5.97 Å². The molecule has 1 fully saturated rings. The number of thioether (sulfide) groups is 1. The highest BCUT2D eigenvalue weighted by atomic mass is 32.2. The number of furan rings is 1. The third-order valence-electron chi connectivity index (χ3n) is 3.46. The van der Waals surface area contributed by atoms with Gasteiger partial charge in [0.05, 0.1) is 11.8 Å². The Bertz CT molecular complexity index is 511. The molecule has 0 saturated carbocycles. The summed E-state index contributed by atoms with van der Waals surface area (Å²) in [6.07, 6.45) is 2.23. The molecule has 20 heavy (non-hydrogen) atoms. The van der Waals surface area contributed by atoms with E-state index in [9.17, 15) is 9.59 Å². The molecule has 1 N–H and O–H groups in total. The van der Waals surface area contributed by atoms with Gasteiger partial charge in [0.2, 0.25) is 0 Å². The summed E-state index contributed by atoms with van der Waals surface area (Å²) < 4.78 is 5.24. The second kappa shape index (κ2) is 6.35. The Labute approximate surface area is 122 Å². The summed E-state index contributed by atoms with van der Waals surface area (Å²) in [6.45, 7) is 5.32. The first-order chi connectivity index (χ1) is 9.52. The maximum Gasteiger partial charge on any atom is 0.311 e. The molecule has 110 valence electrons. The van der Waals surface area contributed by atoms with Gasteiger partial charge in [0, 0.05) is 29.7 Å². The van der Waals surface area contributed by atoms with Crippen molar-refractivity contribution in [2.24, 2.45) is 0 Å². The van der Waals surface area contributed by atoms with Gasteiger partial charge in [-0.3, -0.25) is 9.59 Å². The molecule has 0 radical (unpaired) electrons. The molecule has 2 rings (SSSR count). The number of nitrogens with zero attached hydrogens (tertiary/aromatic N) is 1. The van der Waals surface area contributed by atoms with Gasteiger partial charge in [-0.15, -0.1) is 0 Å². The van der Waals surface area contributed by atoms with Crippen molar-refractivity contribution in [3.05, 3.63) is 23.2 Å². The van der Waals surface area contributed by atoms with Crippen LogP contribution in [0.4, 0.5) is 0 Å². The highest BCUT2D eigenvalue weighted by molar-refractivity contribution is 8.00. The Hall–Kier alpha value is -1.43. The first-order valence-corrected chi connectivity index (χ1v) is 7.77. The van der Waals surface area contributed by atoms with E-state index >= 15 is 0 Å². The number of hydrogen-bond acceptors (Lipinski definition) is 4. The normalized spacial score (nSPS) is 19.1. The van der Waals surface area contributed by atoms with Crippen molar-refractivity contribution < 1.29 is 19.1 Å². The second-order valence-corrected chi connectivity index (χ2v) is 6.35. The predicted molar refractivity (Wildman–Crippen MR) is 77.2 cm³/mol. The van der Waals surface area contributed by atoms with E-state index in [0.29, 0.717) is 22.9 Å². The lowest BCUT2D eigenvalue weighted by molar-refractivity contribution is -0.136. The zero-order valence-electron chi connectivity index (χ0n) is 11.7. The van der Waals surface area contributed by atoms with Gasteiger partial charge in [0.25, 0.3) is 5.91 Å². The van der Waals surface area contributed by atoms with Gasteiger partial charge in [-0.05, 0) is 13.3 Å². The first kappa shape index (κ1) is 15.0. The maximum atomic E-state index is 12.6. The molecule has 6 heteroatoms. The monoisotopic (exact) mass is 297 g/mol. The molecular weight excluding hydrogens is 278 g/mol. The zero-order chi connectivity index (χ0) is 14.7. The molecule has 1 aliphatic heterocycles. The molecular formula is C14H19NO4S. The second-order valence-electron chi connectivity index (χ2n) is 4.94. The number of rotatable bonds is 4. The minimum absolute atomic E-state index is 0.105. The van der Waals surface area contributed by atoms with E-state index in [1.54, 1.807) is 6.92 Å². The quantitative estimate of drug-likeness (QED) is 0.922. The van der Waals surface area contributed by atoms with Crippen LogP contribution in [0.15, 0.2) is 10.7 Å². The summed E-state index contributed by atoms with van der Waals surface area (Å²) in [7, 11) is 0. The fourth-order valence-electron chi connectivity index (χ4n) is 2.36. The Morgan fingerprint density at radius 2 is 2.30 bits per heavy atom. The lowest BCUT2D eigenvalue weighted by Gasteiger charge is -2.32. The van der Waals surface area contributed by atoms with Gasteiger partial charge in [-0.25, -0.2) is 0 Å². The third kappa shape index (κ3) is 3.17. The van der Waals surface area contributed by atoms with Crippen LogP contribution in [0.5, 0.6) is 0 Å². The van der Waals surface area contributed by atoms with E-state index in [2.05, 4.69) is 6.92 Å². The number of hydrogen-bond donors (Lipinski definition) is 1. The zero-order valence-corrected chi connectivity index (χ0v) is 12.5. The van der Waals surface area contributed by atoms with Crippen LogP contribution in [0.1, 0.15) is 35.0 Å². The van der Waals surface area contributed by atoms with Crippen molar-refractivity contribution >= 4 is 23.6 Å². The van der Waals surface area contributed by atoms with Crippen LogP contribution < -0.4 is 0 Å². The lowest BCUT2D eigenvalue weighted by Crippen LogP contribution is -2.42. The maximum absolute atomic E-state index is 12.6. The van der Waals surface area contributed by atoms with E-state index in [0.717, 1.165) is 18.7 Å². The summed E-state index contributed by atoms with van der Waals surface area (Å²) >= 11 is 1.89. The summed E-state index contributed by atoms with van der Waals surface area (Å²) in [5.41, 5.74) is 1.13. The van der Waals surface area contributed by atoms with Crippen molar-refractivity contribution in [1.82, 2.24) is 4.90 Å². The summed E-state index contributed by atoms with van der Waals surface area (Å²) in [5, 5.41) is 9.35. The van der Waals surface area contributed by atoms with Crippen LogP contribution in [0.3, 0.4) is 0 Å². The largest absolute Gasteiger partial charge is 0.481 e. The van der Waals surface area contributed by atoms with E-state index in [4.69, 9.17) is 9.52 Å². The molecule has 1 saturated heterocycles. The van der Waals surface area contributed by atoms with Gasteiger partial charge in [0.15, 0.2) is 0 Å². The van der Waals surface area contributed by atoms with Crippen molar-refractivity contribution in [2.45, 2.75) is 31.9 Å². The SMILES string of the molecule is CCC1CN(C(=O)c2c(C)coc2CC(=O)O)CCS1. The van der Waals surface area contributed by atoms with Crippen LogP contribution >= 0.6 is 11.8 Å². The first-order valence-electron chi connectivity index (χ1n) is 6.72. The predicted octanol–water partition coefficient (Wildman–Crippen LogP) is 2.18. The number of aryl methyl sites for hydroxylation is 1. The molecule has 0 spiro atoms. The molecule has 1 unspecified atom stereocenters. The fourth-order valence-corrected chi connectivity index (χ4v) is 3.54. The van der Waals surface area contributed by atoms with E-state index in [1.807, 2.05) is 16.7 Å². The average Bonchev–Trinajstić information content (AvgIpc) is 2.78. The van der Waals surface area contributed by atoms with Crippen molar-refractivity contribution in [1.29, 1.82) is 0 Å². The van der Waals surface area contributed by atoms with Crippen LogP contribution in [0.25, 0.3) is 0 Å². The van der Waals surface area contributed by atoms with Gasteiger partial charge in [0.1, 0.15) is 12.2 Å². The van der Waals surface area contributed by atoms with Crippen molar-refractivity contribution in [2.75, 3.05) is 18.8 Å². The Morgan fingerprint density at radius 3 is 2.95 bits per heavy atom. The molecule has 5 nitrogen and oxygen atoms in total. The molecule has 0 bridgehead atoms. The van der Waals surface area contributed by atoms with Crippen LogP contribution in [-0.4, -0.2) is 46.0 Å². The molecule has 0 aliphatic carbocycles. The standard InChI is InChI=1S/C14H19NO4S/c1-3-10-7-15(4-5-20-10)14(18)13-9(2)8-19-11(13)6-12(16)17/h8,10H,3-7H2,1-2H3,(H,16,17). The Balaban J connectivity index is 2.20. The van der Waals surface area contributed by atoms with Crippen molar-refractivity contribution in [3.63, 3.8) is 0 Å². The minimum atomic E-state index is -0.992. The number of amides is 1. The fraction of sp³-hybridized carbons (Fsp3) is 0.571. The third-order valence-corrected chi connectivity index (χ3v) is 4.83. The average molecular weight is 297 g/mol.